The minimum Gasteiger partial charge on any atom is -0.315 e. The lowest BCUT2D eigenvalue weighted by atomic mass is 10.1. The lowest BCUT2D eigenvalue weighted by molar-refractivity contribution is 0.210. The smallest absolute Gasteiger partial charge is 0.124 e. The predicted octanol–water partition coefficient (Wildman–Crippen LogP) is 2.77. The second kappa shape index (κ2) is 5.94. The number of likely N-dealkylation sites (N-methyl/N-ethyl adjacent to an activating group) is 1. The van der Waals surface area contributed by atoms with Crippen molar-refractivity contribution in [3.63, 3.8) is 0 Å². The molecule has 0 radical (unpaired) electrons. The third-order valence-corrected chi connectivity index (χ3v) is 3.72. The van der Waals surface area contributed by atoms with E-state index in [0.717, 1.165) is 36.2 Å². The molecule has 0 saturated carbocycles. The Morgan fingerprint density at radius 1 is 1.47 bits per heavy atom. The van der Waals surface area contributed by atoms with Gasteiger partial charge in [-0.05, 0) is 43.3 Å². The van der Waals surface area contributed by atoms with Crippen LogP contribution in [0.25, 0.3) is 0 Å². The topological polar surface area (TPSA) is 15.3 Å². The van der Waals surface area contributed by atoms with E-state index >= 15 is 0 Å². The summed E-state index contributed by atoms with van der Waals surface area (Å²) in [6.07, 6.45) is 1.18. The van der Waals surface area contributed by atoms with Gasteiger partial charge in [0, 0.05) is 23.6 Å². The van der Waals surface area contributed by atoms with Gasteiger partial charge in [-0.15, -0.1) is 0 Å². The second-order valence-corrected chi connectivity index (χ2v) is 5.40. The molecule has 1 heterocycles. The minimum absolute atomic E-state index is 0.171. The highest BCUT2D eigenvalue weighted by atomic mass is 79.9. The summed E-state index contributed by atoms with van der Waals surface area (Å²) in [5, 5.41) is 3.37. The number of nitrogens with one attached hydrogen (secondary N) is 1. The van der Waals surface area contributed by atoms with Gasteiger partial charge in [0.15, 0.2) is 0 Å². The Hall–Kier alpha value is -0.450. The number of rotatable bonds is 4. The van der Waals surface area contributed by atoms with E-state index in [0.29, 0.717) is 6.04 Å². The molecule has 1 aliphatic heterocycles. The van der Waals surface area contributed by atoms with Gasteiger partial charge in [-0.1, -0.05) is 22.9 Å². The molecule has 0 amide bonds. The van der Waals surface area contributed by atoms with Gasteiger partial charge < -0.3 is 5.32 Å². The van der Waals surface area contributed by atoms with Crippen LogP contribution < -0.4 is 5.32 Å². The van der Waals surface area contributed by atoms with Crippen molar-refractivity contribution in [1.29, 1.82) is 0 Å². The van der Waals surface area contributed by atoms with Crippen LogP contribution in [0.3, 0.4) is 0 Å². The normalized spacial score (nSPS) is 20.1. The molecule has 1 N–H and O–H groups in total. The Kier molecular flexibility index (Phi) is 4.54. The van der Waals surface area contributed by atoms with E-state index in [1.807, 2.05) is 6.07 Å². The van der Waals surface area contributed by atoms with Crippen molar-refractivity contribution in [2.75, 3.05) is 19.6 Å². The summed E-state index contributed by atoms with van der Waals surface area (Å²) in [7, 11) is 0. The Morgan fingerprint density at radius 2 is 2.29 bits per heavy atom. The van der Waals surface area contributed by atoms with Gasteiger partial charge in [-0.2, -0.15) is 0 Å². The number of hydrogen-bond acceptors (Lipinski definition) is 2. The number of hydrogen-bond donors (Lipinski definition) is 1. The Morgan fingerprint density at radius 3 is 2.88 bits per heavy atom. The fourth-order valence-electron chi connectivity index (χ4n) is 2.39. The van der Waals surface area contributed by atoms with Crippen LogP contribution in [0.2, 0.25) is 0 Å². The first-order chi connectivity index (χ1) is 8.19. The fraction of sp³-hybridized carbons (Fsp3) is 0.538. The van der Waals surface area contributed by atoms with Crippen molar-refractivity contribution in [3.8, 4) is 0 Å². The zero-order valence-electron chi connectivity index (χ0n) is 10.0. The SMILES string of the molecule is CCN(Cc1cc(F)cc(Br)c1)C1CCNC1. The molecule has 0 aromatic heterocycles. The summed E-state index contributed by atoms with van der Waals surface area (Å²) in [5.74, 6) is -0.171. The van der Waals surface area contributed by atoms with E-state index in [4.69, 9.17) is 0 Å². The highest BCUT2D eigenvalue weighted by Crippen LogP contribution is 2.18. The zero-order chi connectivity index (χ0) is 12.3. The molecule has 1 unspecified atom stereocenters. The largest absolute Gasteiger partial charge is 0.315 e. The summed E-state index contributed by atoms with van der Waals surface area (Å²) in [4.78, 5) is 2.40. The fourth-order valence-corrected chi connectivity index (χ4v) is 2.90. The molecule has 1 atom stereocenters. The van der Waals surface area contributed by atoms with Crippen molar-refractivity contribution in [1.82, 2.24) is 10.2 Å². The molecule has 17 heavy (non-hydrogen) atoms. The molecule has 1 aromatic rings. The van der Waals surface area contributed by atoms with Crippen LogP contribution in [-0.2, 0) is 6.54 Å². The average Bonchev–Trinajstić information content (AvgIpc) is 2.77. The Labute approximate surface area is 110 Å². The van der Waals surface area contributed by atoms with Crippen molar-refractivity contribution in [3.05, 3.63) is 34.1 Å². The van der Waals surface area contributed by atoms with Gasteiger partial charge in [0.05, 0.1) is 0 Å². The summed E-state index contributed by atoms with van der Waals surface area (Å²) in [6.45, 7) is 6.12. The standard InChI is InChI=1S/C13H18BrFN2/c1-2-17(13-3-4-16-8-13)9-10-5-11(14)7-12(15)6-10/h5-7,13,16H,2-4,8-9H2,1H3. The average molecular weight is 301 g/mol. The third-order valence-electron chi connectivity index (χ3n) is 3.26. The summed E-state index contributed by atoms with van der Waals surface area (Å²) in [6, 6.07) is 5.70. The van der Waals surface area contributed by atoms with Crippen LogP contribution >= 0.6 is 15.9 Å². The summed E-state index contributed by atoms with van der Waals surface area (Å²) >= 11 is 3.34. The molecule has 1 aromatic carbocycles. The van der Waals surface area contributed by atoms with Gasteiger partial charge in [-0.3, -0.25) is 4.90 Å². The second-order valence-electron chi connectivity index (χ2n) is 4.49. The van der Waals surface area contributed by atoms with E-state index in [9.17, 15) is 4.39 Å². The van der Waals surface area contributed by atoms with Crippen LogP contribution in [0.1, 0.15) is 18.9 Å². The molecule has 2 rings (SSSR count). The van der Waals surface area contributed by atoms with Crippen molar-refractivity contribution in [2.24, 2.45) is 0 Å². The van der Waals surface area contributed by atoms with E-state index in [1.54, 1.807) is 6.07 Å². The minimum atomic E-state index is -0.171. The molecule has 1 fully saturated rings. The molecule has 2 nitrogen and oxygen atoms in total. The zero-order valence-corrected chi connectivity index (χ0v) is 11.6. The molecular weight excluding hydrogens is 283 g/mol. The molecule has 1 aliphatic rings. The molecular formula is C13H18BrFN2. The summed E-state index contributed by atoms with van der Waals surface area (Å²) < 4.78 is 14.1. The quantitative estimate of drug-likeness (QED) is 0.920. The first-order valence-electron chi connectivity index (χ1n) is 6.08. The van der Waals surface area contributed by atoms with Crippen LogP contribution in [0.15, 0.2) is 22.7 Å². The monoisotopic (exact) mass is 300 g/mol. The first-order valence-corrected chi connectivity index (χ1v) is 6.88. The summed E-state index contributed by atoms with van der Waals surface area (Å²) in [5.41, 5.74) is 1.03. The van der Waals surface area contributed by atoms with Crippen molar-refractivity contribution < 1.29 is 4.39 Å². The lowest BCUT2D eigenvalue weighted by Crippen LogP contribution is -2.36. The van der Waals surface area contributed by atoms with Gasteiger partial charge in [-0.25, -0.2) is 4.39 Å². The number of benzene rings is 1. The molecule has 0 aliphatic carbocycles. The van der Waals surface area contributed by atoms with Crippen LogP contribution in [0.4, 0.5) is 4.39 Å². The van der Waals surface area contributed by atoms with Gasteiger partial charge >= 0.3 is 0 Å². The lowest BCUT2D eigenvalue weighted by Gasteiger charge is -2.27. The van der Waals surface area contributed by atoms with E-state index in [1.165, 1.54) is 12.5 Å². The molecule has 0 spiro atoms. The van der Waals surface area contributed by atoms with Crippen LogP contribution in [0.5, 0.6) is 0 Å². The maximum absolute atomic E-state index is 13.3. The van der Waals surface area contributed by atoms with Crippen LogP contribution in [-0.4, -0.2) is 30.6 Å². The van der Waals surface area contributed by atoms with Crippen molar-refractivity contribution >= 4 is 15.9 Å². The molecule has 1 saturated heterocycles. The van der Waals surface area contributed by atoms with Gasteiger partial charge in [0.25, 0.3) is 0 Å². The highest BCUT2D eigenvalue weighted by molar-refractivity contribution is 9.10. The third kappa shape index (κ3) is 3.50. The van der Waals surface area contributed by atoms with E-state index < -0.39 is 0 Å². The number of nitrogens with zero attached hydrogens (tertiary/aromatic N) is 1. The Bertz CT molecular complexity index is 357. The number of halogens is 2. The first kappa shape index (κ1) is 13.0. The maximum Gasteiger partial charge on any atom is 0.124 e. The van der Waals surface area contributed by atoms with Gasteiger partial charge in [0.2, 0.25) is 0 Å². The van der Waals surface area contributed by atoms with Gasteiger partial charge in [0.1, 0.15) is 5.82 Å². The highest BCUT2D eigenvalue weighted by Gasteiger charge is 2.21. The molecule has 94 valence electrons. The van der Waals surface area contributed by atoms with Crippen molar-refractivity contribution in [2.45, 2.75) is 25.9 Å². The van der Waals surface area contributed by atoms with Crippen LogP contribution in [0, 0.1) is 5.82 Å². The molecule has 0 bridgehead atoms. The maximum atomic E-state index is 13.3. The van der Waals surface area contributed by atoms with E-state index in [-0.39, 0.29) is 5.82 Å². The Balaban J connectivity index is 2.06. The molecule has 4 heteroatoms. The predicted molar refractivity (Wildman–Crippen MR) is 71.5 cm³/mol. The van der Waals surface area contributed by atoms with E-state index in [2.05, 4.69) is 33.1 Å².